The number of carbonyl (C=O) groups excluding carboxylic acids is 3. The number of alkyl halides is 3. The number of aldehydes is 1. The van der Waals surface area contributed by atoms with Crippen molar-refractivity contribution in [2.45, 2.75) is 31.5 Å². The number of halogens is 6. The SMILES string of the molecule is O=CCC(Cc1c(Cl)cc(C(F)(F)F)c(F)c1F)C(=O)N1C(=O)OCC1Cc1ccccc1. The molecular weight excluding hydrogens is 473 g/mol. The zero-order chi connectivity index (χ0) is 24.3. The van der Waals surface area contributed by atoms with Gasteiger partial charge in [-0.1, -0.05) is 41.9 Å². The Morgan fingerprint density at radius 2 is 1.88 bits per heavy atom. The van der Waals surface area contributed by atoms with Gasteiger partial charge < -0.3 is 9.53 Å². The van der Waals surface area contributed by atoms with Gasteiger partial charge in [0.15, 0.2) is 11.6 Å². The Balaban J connectivity index is 1.89. The lowest BCUT2D eigenvalue weighted by Crippen LogP contribution is -2.44. The molecule has 1 heterocycles. The highest BCUT2D eigenvalue weighted by atomic mass is 35.5. The number of cyclic esters (lactones) is 1. The molecule has 33 heavy (non-hydrogen) atoms. The van der Waals surface area contributed by atoms with Crippen LogP contribution in [0.5, 0.6) is 0 Å². The topological polar surface area (TPSA) is 63.7 Å². The summed E-state index contributed by atoms with van der Waals surface area (Å²) in [4.78, 5) is 37.3. The van der Waals surface area contributed by atoms with E-state index in [-0.39, 0.29) is 19.1 Å². The normalized spacial score (nSPS) is 17.1. The molecule has 2 unspecified atom stereocenters. The summed E-state index contributed by atoms with van der Waals surface area (Å²) in [7, 11) is 0. The van der Waals surface area contributed by atoms with Crippen molar-refractivity contribution in [2.75, 3.05) is 6.61 Å². The Kier molecular flexibility index (Phi) is 7.36. The van der Waals surface area contributed by atoms with Crippen LogP contribution in [0.1, 0.15) is 23.1 Å². The van der Waals surface area contributed by atoms with Gasteiger partial charge >= 0.3 is 12.3 Å². The molecule has 1 aliphatic rings. The summed E-state index contributed by atoms with van der Waals surface area (Å²) in [6.45, 7) is -0.114. The van der Waals surface area contributed by atoms with Crippen molar-refractivity contribution in [3.8, 4) is 0 Å². The van der Waals surface area contributed by atoms with E-state index < -0.39 is 70.8 Å². The van der Waals surface area contributed by atoms with Crippen LogP contribution in [0.2, 0.25) is 5.02 Å². The van der Waals surface area contributed by atoms with Gasteiger partial charge in [0, 0.05) is 22.9 Å². The minimum absolute atomic E-state index is 0.114. The maximum absolute atomic E-state index is 14.5. The molecule has 5 nitrogen and oxygen atoms in total. The zero-order valence-corrected chi connectivity index (χ0v) is 17.6. The minimum Gasteiger partial charge on any atom is -0.447 e. The van der Waals surface area contributed by atoms with Gasteiger partial charge in [0.2, 0.25) is 5.91 Å². The lowest BCUT2D eigenvalue weighted by Gasteiger charge is -2.25. The maximum atomic E-state index is 14.5. The van der Waals surface area contributed by atoms with E-state index in [1.165, 1.54) is 0 Å². The van der Waals surface area contributed by atoms with Crippen LogP contribution in [-0.4, -0.2) is 35.8 Å². The molecule has 2 aromatic carbocycles. The number of nitrogens with zero attached hydrogens (tertiary/aromatic N) is 1. The van der Waals surface area contributed by atoms with Gasteiger partial charge in [-0.15, -0.1) is 0 Å². The van der Waals surface area contributed by atoms with Crippen molar-refractivity contribution in [1.82, 2.24) is 4.90 Å². The molecule has 0 aromatic heterocycles. The molecule has 1 aliphatic heterocycles. The van der Waals surface area contributed by atoms with Crippen LogP contribution in [0.3, 0.4) is 0 Å². The molecule has 1 fully saturated rings. The fourth-order valence-corrected chi connectivity index (χ4v) is 3.89. The molecule has 176 valence electrons. The standard InChI is InChI=1S/C22H17ClF5NO4/c23-17-10-16(22(26,27)28)19(25)18(24)15(17)9-13(6-7-30)20(31)29-14(11-33-21(29)32)8-12-4-2-1-3-5-12/h1-5,7,10,13-14H,6,8-9,11H2. The number of hydrogen-bond donors (Lipinski definition) is 0. The van der Waals surface area contributed by atoms with Crippen molar-refractivity contribution >= 4 is 29.9 Å². The van der Waals surface area contributed by atoms with E-state index in [0.717, 1.165) is 10.5 Å². The first kappa shape index (κ1) is 24.6. The number of carbonyl (C=O) groups is 3. The van der Waals surface area contributed by atoms with Crippen LogP contribution in [0.15, 0.2) is 36.4 Å². The summed E-state index contributed by atoms with van der Waals surface area (Å²) >= 11 is 5.77. The van der Waals surface area contributed by atoms with Gasteiger partial charge in [0.1, 0.15) is 12.9 Å². The van der Waals surface area contributed by atoms with E-state index >= 15 is 0 Å². The number of rotatable bonds is 7. The molecule has 0 N–H and O–H groups in total. The summed E-state index contributed by atoms with van der Waals surface area (Å²) in [5, 5.41) is -0.755. The Labute approximate surface area is 190 Å². The second-order valence-electron chi connectivity index (χ2n) is 7.44. The predicted octanol–water partition coefficient (Wildman–Crippen LogP) is 4.97. The highest BCUT2D eigenvalue weighted by Gasteiger charge is 2.42. The summed E-state index contributed by atoms with van der Waals surface area (Å²) in [6, 6.07) is 8.36. The van der Waals surface area contributed by atoms with Crippen molar-refractivity contribution in [2.24, 2.45) is 5.92 Å². The van der Waals surface area contributed by atoms with Crippen LogP contribution >= 0.6 is 11.6 Å². The van der Waals surface area contributed by atoms with Gasteiger partial charge in [-0.2, -0.15) is 13.2 Å². The molecule has 0 spiro atoms. The fourth-order valence-electron chi connectivity index (χ4n) is 3.62. The molecule has 0 saturated carbocycles. The van der Waals surface area contributed by atoms with Gasteiger partial charge in [0.25, 0.3) is 0 Å². The molecule has 3 rings (SSSR count). The number of imide groups is 1. The van der Waals surface area contributed by atoms with Crippen molar-refractivity contribution in [3.05, 3.63) is 69.7 Å². The Morgan fingerprint density at radius 1 is 1.21 bits per heavy atom. The lowest BCUT2D eigenvalue weighted by atomic mass is 9.93. The molecule has 0 bridgehead atoms. The summed E-state index contributed by atoms with van der Waals surface area (Å²) in [5.41, 5.74) is -1.79. The average Bonchev–Trinajstić information content (AvgIpc) is 3.12. The number of amides is 2. The Hall–Kier alpha value is -3.01. The Morgan fingerprint density at radius 3 is 2.48 bits per heavy atom. The van der Waals surface area contributed by atoms with Crippen LogP contribution < -0.4 is 0 Å². The third kappa shape index (κ3) is 5.32. The third-order valence-electron chi connectivity index (χ3n) is 5.25. The van der Waals surface area contributed by atoms with Crippen LogP contribution in [0.4, 0.5) is 26.7 Å². The zero-order valence-electron chi connectivity index (χ0n) is 16.9. The van der Waals surface area contributed by atoms with E-state index in [0.29, 0.717) is 6.29 Å². The summed E-state index contributed by atoms with van der Waals surface area (Å²) in [6.07, 6.45) is -6.77. The van der Waals surface area contributed by atoms with Crippen LogP contribution in [0.25, 0.3) is 0 Å². The second-order valence-corrected chi connectivity index (χ2v) is 7.85. The molecule has 1 saturated heterocycles. The van der Waals surface area contributed by atoms with Gasteiger partial charge in [-0.25, -0.2) is 18.5 Å². The maximum Gasteiger partial charge on any atom is 0.419 e. The summed E-state index contributed by atoms with van der Waals surface area (Å²) < 4.78 is 72.2. The molecule has 11 heteroatoms. The highest BCUT2D eigenvalue weighted by molar-refractivity contribution is 6.31. The first-order valence-electron chi connectivity index (χ1n) is 9.75. The van der Waals surface area contributed by atoms with Crippen molar-refractivity contribution in [3.63, 3.8) is 0 Å². The number of ether oxygens (including phenoxy) is 1. The molecule has 2 amide bonds. The fraction of sp³-hybridized carbons (Fsp3) is 0.318. The Bertz CT molecular complexity index is 1060. The third-order valence-corrected chi connectivity index (χ3v) is 5.59. The van der Waals surface area contributed by atoms with Gasteiger partial charge in [0.05, 0.1) is 11.6 Å². The van der Waals surface area contributed by atoms with Crippen LogP contribution in [-0.2, 0) is 33.3 Å². The molecule has 0 radical (unpaired) electrons. The molecule has 2 atom stereocenters. The van der Waals surface area contributed by atoms with Crippen LogP contribution in [0, 0.1) is 17.6 Å². The smallest absolute Gasteiger partial charge is 0.419 e. The summed E-state index contributed by atoms with van der Waals surface area (Å²) in [5.74, 6) is -6.32. The average molecular weight is 490 g/mol. The largest absolute Gasteiger partial charge is 0.447 e. The second kappa shape index (κ2) is 9.86. The first-order chi connectivity index (χ1) is 15.5. The van der Waals surface area contributed by atoms with Crippen molar-refractivity contribution < 1.29 is 41.1 Å². The molecule has 0 aliphatic carbocycles. The molecular formula is C22H17ClF5NO4. The monoisotopic (exact) mass is 489 g/mol. The number of hydrogen-bond acceptors (Lipinski definition) is 4. The number of benzene rings is 2. The molecule has 2 aromatic rings. The lowest BCUT2D eigenvalue weighted by molar-refractivity contribution is -0.140. The first-order valence-corrected chi connectivity index (χ1v) is 10.1. The van der Waals surface area contributed by atoms with E-state index in [9.17, 15) is 36.3 Å². The van der Waals surface area contributed by atoms with E-state index in [1.807, 2.05) is 0 Å². The quantitative estimate of drug-likeness (QED) is 0.313. The van der Waals surface area contributed by atoms with Crippen molar-refractivity contribution in [1.29, 1.82) is 0 Å². The minimum atomic E-state index is -5.19. The van der Waals surface area contributed by atoms with E-state index in [2.05, 4.69) is 0 Å². The van der Waals surface area contributed by atoms with E-state index in [1.54, 1.807) is 30.3 Å². The highest BCUT2D eigenvalue weighted by Crippen LogP contribution is 2.37. The van der Waals surface area contributed by atoms with Gasteiger partial charge in [-0.05, 0) is 24.5 Å². The predicted molar refractivity (Wildman–Crippen MR) is 106 cm³/mol. The van der Waals surface area contributed by atoms with E-state index in [4.69, 9.17) is 16.3 Å². The van der Waals surface area contributed by atoms with Gasteiger partial charge in [-0.3, -0.25) is 4.79 Å².